The van der Waals surface area contributed by atoms with Crippen LogP contribution in [0.25, 0.3) is 0 Å². The maximum absolute atomic E-state index is 12.1. The highest BCUT2D eigenvalue weighted by Crippen LogP contribution is 2.17. The number of hydrogen-bond acceptors (Lipinski definition) is 2. The zero-order chi connectivity index (χ0) is 14.4. The molecule has 20 heavy (non-hydrogen) atoms. The van der Waals surface area contributed by atoms with Gasteiger partial charge in [0.1, 0.15) is 0 Å². The molecule has 0 heterocycles. The highest BCUT2D eigenvalue weighted by Gasteiger charge is 2.19. The summed E-state index contributed by atoms with van der Waals surface area (Å²) in [6.45, 7) is 4.75. The third-order valence-electron chi connectivity index (χ3n) is 4.08. The van der Waals surface area contributed by atoms with Gasteiger partial charge in [-0.3, -0.25) is 4.79 Å². The van der Waals surface area contributed by atoms with E-state index < -0.39 is 0 Å². The van der Waals surface area contributed by atoms with Crippen molar-refractivity contribution < 1.29 is 4.79 Å². The lowest BCUT2D eigenvalue weighted by Gasteiger charge is -2.24. The fourth-order valence-electron chi connectivity index (χ4n) is 2.64. The van der Waals surface area contributed by atoms with Crippen molar-refractivity contribution in [2.24, 2.45) is 0 Å². The van der Waals surface area contributed by atoms with Crippen LogP contribution in [-0.2, 0) is 11.3 Å². The summed E-state index contributed by atoms with van der Waals surface area (Å²) in [5, 5.41) is 6.46. The number of carbonyl (C=O) groups excluding carboxylic acids is 1. The van der Waals surface area contributed by atoms with E-state index in [2.05, 4.69) is 41.8 Å². The number of carbonyl (C=O) groups is 1. The second-order valence-corrected chi connectivity index (χ2v) is 5.93. The van der Waals surface area contributed by atoms with E-state index in [4.69, 9.17) is 0 Å². The molecule has 1 fully saturated rings. The van der Waals surface area contributed by atoms with Crippen molar-refractivity contribution in [1.29, 1.82) is 0 Å². The average molecular weight is 274 g/mol. The molecular formula is C17H26N2O. The predicted octanol–water partition coefficient (Wildman–Crippen LogP) is 2.92. The van der Waals surface area contributed by atoms with Crippen LogP contribution in [0.15, 0.2) is 24.3 Å². The lowest BCUT2D eigenvalue weighted by atomic mass is 9.95. The van der Waals surface area contributed by atoms with Gasteiger partial charge in [0.15, 0.2) is 0 Å². The maximum atomic E-state index is 12.1. The third-order valence-corrected chi connectivity index (χ3v) is 4.08. The van der Waals surface area contributed by atoms with Crippen LogP contribution in [0.3, 0.4) is 0 Å². The summed E-state index contributed by atoms with van der Waals surface area (Å²) in [6, 6.07) is 8.66. The quantitative estimate of drug-likeness (QED) is 0.867. The van der Waals surface area contributed by atoms with Crippen LogP contribution < -0.4 is 10.6 Å². The lowest BCUT2D eigenvalue weighted by molar-refractivity contribution is -0.123. The van der Waals surface area contributed by atoms with E-state index in [9.17, 15) is 4.79 Å². The van der Waals surface area contributed by atoms with Gasteiger partial charge in [-0.05, 0) is 32.3 Å². The van der Waals surface area contributed by atoms with Gasteiger partial charge in [0.2, 0.25) is 5.91 Å². The molecule has 1 aliphatic carbocycles. The first kappa shape index (κ1) is 15.0. The van der Waals surface area contributed by atoms with Crippen LogP contribution in [0.1, 0.15) is 50.2 Å². The summed E-state index contributed by atoms with van der Waals surface area (Å²) in [5.74, 6) is 0.129. The highest BCUT2D eigenvalue weighted by molar-refractivity contribution is 5.81. The number of rotatable bonds is 5. The summed E-state index contributed by atoms with van der Waals surface area (Å²) in [7, 11) is 0. The Labute approximate surface area is 122 Å². The zero-order valence-electron chi connectivity index (χ0n) is 12.6. The van der Waals surface area contributed by atoms with Crippen LogP contribution in [0, 0.1) is 6.92 Å². The van der Waals surface area contributed by atoms with Crippen molar-refractivity contribution in [1.82, 2.24) is 10.6 Å². The third kappa shape index (κ3) is 4.64. The first-order chi connectivity index (χ1) is 9.65. The van der Waals surface area contributed by atoms with E-state index in [0.29, 0.717) is 6.04 Å². The number of aryl methyl sites for hydroxylation is 1. The molecular weight excluding hydrogens is 248 g/mol. The molecule has 0 radical (unpaired) electrons. The second kappa shape index (κ2) is 7.44. The van der Waals surface area contributed by atoms with Crippen LogP contribution in [0.2, 0.25) is 0 Å². The summed E-state index contributed by atoms with van der Waals surface area (Å²) >= 11 is 0. The van der Waals surface area contributed by atoms with Gasteiger partial charge in [0.25, 0.3) is 0 Å². The smallest absolute Gasteiger partial charge is 0.237 e. The summed E-state index contributed by atoms with van der Waals surface area (Å²) < 4.78 is 0. The molecule has 0 aromatic heterocycles. The minimum atomic E-state index is -0.141. The van der Waals surface area contributed by atoms with Crippen LogP contribution in [-0.4, -0.2) is 18.0 Å². The van der Waals surface area contributed by atoms with Crippen molar-refractivity contribution in [3.63, 3.8) is 0 Å². The molecule has 2 rings (SSSR count). The van der Waals surface area contributed by atoms with E-state index in [0.717, 1.165) is 19.4 Å². The second-order valence-electron chi connectivity index (χ2n) is 5.93. The maximum Gasteiger partial charge on any atom is 0.237 e. The Kier molecular flexibility index (Phi) is 5.60. The largest absolute Gasteiger partial charge is 0.352 e. The van der Waals surface area contributed by atoms with Gasteiger partial charge >= 0.3 is 0 Å². The van der Waals surface area contributed by atoms with Crippen molar-refractivity contribution in [3.8, 4) is 0 Å². The SMILES string of the molecule is Cc1ccc(CNC(C)C(=O)NC2CCCCC2)cc1. The Morgan fingerprint density at radius 1 is 1.20 bits per heavy atom. The van der Waals surface area contributed by atoms with E-state index >= 15 is 0 Å². The summed E-state index contributed by atoms with van der Waals surface area (Å²) in [5.41, 5.74) is 2.48. The molecule has 1 aliphatic rings. The normalized spacial score (nSPS) is 17.7. The molecule has 0 bridgehead atoms. The van der Waals surface area contributed by atoms with Gasteiger partial charge in [-0.2, -0.15) is 0 Å². The first-order valence-electron chi connectivity index (χ1n) is 7.74. The molecule has 0 saturated heterocycles. The van der Waals surface area contributed by atoms with E-state index in [-0.39, 0.29) is 11.9 Å². The Hall–Kier alpha value is -1.35. The number of hydrogen-bond donors (Lipinski definition) is 2. The van der Waals surface area contributed by atoms with Crippen molar-refractivity contribution in [3.05, 3.63) is 35.4 Å². The molecule has 2 N–H and O–H groups in total. The van der Waals surface area contributed by atoms with Gasteiger partial charge in [0.05, 0.1) is 6.04 Å². The fourth-order valence-corrected chi connectivity index (χ4v) is 2.64. The first-order valence-corrected chi connectivity index (χ1v) is 7.74. The minimum absolute atomic E-state index is 0.129. The monoisotopic (exact) mass is 274 g/mol. The van der Waals surface area contributed by atoms with E-state index in [1.807, 2.05) is 6.92 Å². The Bertz CT molecular complexity index is 421. The van der Waals surface area contributed by atoms with Crippen LogP contribution >= 0.6 is 0 Å². The molecule has 1 atom stereocenters. The molecule has 1 aromatic carbocycles. The molecule has 1 amide bonds. The van der Waals surface area contributed by atoms with Crippen molar-refractivity contribution in [2.75, 3.05) is 0 Å². The Morgan fingerprint density at radius 3 is 2.50 bits per heavy atom. The summed E-state index contributed by atoms with van der Waals surface area (Å²) in [4.78, 5) is 12.1. The molecule has 1 aromatic rings. The molecule has 3 heteroatoms. The molecule has 1 saturated carbocycles. The molecule has 1 unspecified atom stereocenters. The van der Waals surface area contributed by atoms with Crippen molar-refractivity contribution >= 4 is 5.91 Å². The van der Waals surface area contributed by atoms with Gasteiger partial charge in [-0.25, -0.2) is 0 Å². The van der Waals surface area contributed by atoms with E-state index in [1.54, 1.807) is 0 Å². The molecule has 0 aliphatic heterocycles. The molecule has 3 nitrogen and oxygen atoms in total. The molecule has 0 spiro atoms. The topological polar surface area (TPSA) is 41.1 Å². The molecule has 110 valence electrons. The average Bonchev–Trinajstić information content (AvgIpc) is 2.47. The lowest BCUT2D eigenvalue weighted by Crippen LogP contribution is -2.46. The Morgan fingerprint density at radius 2 is 1.85 bits per heavy atom. The zero-order valence-corrected chi connectivity index (χ0v) is 12.6. The van der Waals surface area contributed by atoms with Crippen LogP contribution in [0.5, 0.6) is 0 Å². The summed E-state index contributed by atoms with van der Waals surface area (Å²) in [6.07, 6.45) is 6.08. The van der Waals surface area contributed by atoms with E-state index in [1.165, 1.54) is 30.4 Å². The number of amides is 1. The number of benzene rings is 1. The fraction of sp³-hybridized carbons (Fsp3) is 0.588. The van der Waals surface area contributed by atoms with Gasteiger partial charge in [-0.15, -0.1) is 0 Å². The Balaban J connectivity index is 1.74. The number of nitrogens with one attached hydrogen (secondary N) is 2. The van der Waals surface area contributed by atoms with Gasteiger partial charge in [0, 0.05) is 12.6 Å². The minimum Gasteiger partial charge on any atom is -0.352 e. The van der Waals surface area contributed by atoms with Crippen LogP contribution in [0.4, 0.5) is 0 Å². The highest BCUT2D eigenvalue weighted by atomic mass is 16.2. The van der Waals surface area contributed by atoms with Crippen molar-refractivity contribution in [2.45, 2.75) is 64.6 Å². The standard InChI is InChI=1S/C17H26N2O/c1-13-8-10-15(11-9-13)12-18-14(2)17(20)19-16-6-4-3-5-7-16/h8-11,14,16,18H,3-7,12H2,1-2H3,(H,19,20). The van der Waals surface area contributed by atoms with Gasteiger partial charge < -0.3 is 10.6 Å². The predicted molar refractivity (Wildman–Crippen MR) is 82.5 cm³/mol. The van der Waals surface area contributed by atoms with Gasteiger partial charge in [-0.1, -0.05) is 49.1 Å².